The van der Waals surface area contributed by atoms with Crippen LogP contribution in [0.25, 0.3) is 11.3 Å². The summed E-state index contributed by atoms with van der Waals surface area (Å²) in [6.45, 7) is 11.4. The zero-order valence-corrected chi connectivity index (χ0v) is 15.2. The normalized spacial score (nSPS) is 12.7. The third-order valence-electron chi connectivity index (χ3n) is 3.88. The zero-order chi connectivity index (χ0) is 16.3. The molecule has 1 heterocycles. The summed E-state index contributed by atoms with van der Waals surface area (Å²) < 4.78 is 5.80. The lowest BCUT2D eigenvalue weighted by atomic mass is 9.95. The number of nitrogens with zero attached hydrogens (tertiary/aromatic N) is 1. The van der Waals surface area contributed by atoms with Gasteiger partial charge in [0.15, 0.2) is 0 Å². The molecule has 0 saturated heterocycles. The van der Waals surface area contributed by atoms with Crippen molar-refractivity contribution >= 4 is 11.3 Å². The summed E-state index contributed by atoms with van der Waals surface area (Å²) in [6.07, 6.45) is 0. The van der Waals surface area contributed by atoms with E-state index in [1.54, 1.807) is 11.3 Å². The van der Waals surface area contributed by atoms with Crippen molar-refractivity contribution in [2.45, 2.75) is 46.6 Å². The molecule has 0 amide bonds. The van der Waals surface area contributed by atoms with Gasteiger partial charge in [0, 0.05) is 10.9 Å². The van der Waals surface area contributed by atoms with Crippen LogP contribution >= 0.6 is 11.3 Å². The highest BCUT2D eigenvalue weighted by Crippen LogP contribution is 2.35. The van der Waals surface area contributed by atoms with E-state index in [1.165, 1.54) is 16.7 Å². The van der Waals surface area contributed by atoms with Crippen LogP contribution in [0.4, 0.5) is 0 Å². The van der Waals surface area contributed by atoms with Gasteiger partial charge in [-0.15, -0.1) is 11.3 Å². The van der Waals surface area contributed by atoms with Crippen LogP contribution < -0.4 is 10.1 Å². The Labute approximate surface area is 137 Å². The summed E-state index contributed by atoms with van der Waals surface area (Å²) >= 11 is 1.71. The van der Waals surface area contributed by atoms with Gasteiger partial charge in [-0.05, 0) is 57.0 Å². The minimum absolute atomic E-state index is 0.284. The molecule has 2 aromatic rings. The molecule has 0 fully saturated rings. The number of aryl methyl sites for hydroxylation is 1. The highest BCUT2D eigenvalue weighted by atomic mass is 32.1. The van der Waals surface area contributed by atoms with E-state index >= 15 is 0 Å². The van der Waals surface area contributed by atoms with E-state index in [2.05, 4.69) is 50.5 Å². The highest BCUT2D eigenvalue weighted by molar-refractivity contribution is 7.10. The van der Waals surface area contributed by atoms with Crippen LogP contribution in [0.3, 0.4) is 0 Å². The van der Waals surface area contributed by atoms with E-state index in [-0.39, 0.29) is 6.04 Å². The Morgan fingerprint density at radius 3 is 2.59 bits per heavy atom. The number of aromatic nitrogens is 1. The fourth-order valence-electron chi connectivity index (χ4n) is 2.44. The molecular weight excluding hydrogens is 292 g/mol. The molecule has 0 saturated carbocycles. The van der Waals surface area contributed by atoms with E-state index in [0.29, 0.717) is 12.5 Å². The quantitative estimate of drug-likeness (QED) is 0.820. The topological polar surface area (TPSA) is 34.1 Å². The third-order valence-corrected chi connectivity index (χ3v) is 4.91. The first kappa shape index (κ1) is 17.0. The molecule has 0 radical (unpaired) electrons. The number of benzene rings is 1. The van der Waals surface area contributed by atoms with Crippen molar-refractivity contribution in [3.05, 3.63) is 33.6 Å². The molecule has 1 aromatic heterocycles. The summed E-state index contributed by atoms with van der Waals surface area (Å²) in [5.41, 5.74) is 4.72. The average molecular weight is 318 g/mol. The summed E-state index contributed by atoms with van der Waals surface area (Å²) in [5.74, 6) is 1.42. The van der Waals surface area contributed by atoms with Crippen molar-refractivity contribution < 1.29 is 4.74 Å². The lowest BCUT2D eigenvalue weighted by molar-refractivity contribution is 0.335. The number of ether oxygens (including phenoxy) is 1. The SMILES string of the molecule is CCOc1cc(C)c(-c2csc(C(C)NC)n2)cc1C(C)C. The van der Waals surface area contributed by atoms with E-state index in [0.717, 1.165) is 16.5 Å². The second-order valence-electron chi connectivity index (χ2n) is 5.87. The summed E-state index contributed by atoms with van der Waals surface area (Å²) in [6, 6.07) is 4.68. The van der Waals surface area contributed by atoms with Crippen molar-refractivity contribution in [1.82, 2.24) is 10.3 Å². The van der Waals surface area contributed by atoms with E-state index in [9.17, 15) is 0 Å². The molecule has 0 spiro atoms. The standard InChI is InChI=1S/C18H26N2OS/c1-7-21-17-8-12(4)15(9-14(17)11(2)3)16-10-22-18(20-16)13(5)19-6/h8-11,13,19H,7H2,1-6H3. The predicted molar refractivity (Wildman–Crippen MR) is 95.0 cm³/mol. The van der Waals surface area contributed by atoms with Gasteiger partial charge in [0.25, 0.3) is 0 Å². The lowest BCUT2D eigenvalue weighted by Crippen LogP contribution is -2.11. The molecular formula is C18H26N2OS. The predicted octanol–water partition coefficient (Wildman–Crippen LogP) is 4.92. The van der Waals surface area contributed by atoms with Gasteiger partial charge in [0.1, 0.15) is 10.8 Å². The van der Waals surface area contributed by atoms with Crippen LogP contribution in [0, 0.1) is 6.92 Å². The third kappa shape index (κ3) is 3.50. The molecule has 1 unspecified atom stereocenters. The van der Waals surface area contributed by atoms with Crippen LogP contribution in [0.15, 0.2) is 17.5 Å². The molecule has 2 rings (SSSR count). The average Bonchev–Trinajstić information content (AvgIpc) is 2.96. The smallest absolute Gasteiger partial charge is 0.123 e. The maximum atomic E-state index is 5.80. The van der Waals surface area contributed by atoms with Crippen LogP contribution in [0.5, 0.6) is 5.75 Å². The van der Waals surface area contributed by atoms with Gasteiger partial charge in [0.2, 0.25) is 0 Å². The molecule has 1 atom stereocenters. The Balaban J connectivity index is 2.46. The first-order chi connectivity index (χ1) is 10.5. The summed E-state index contributed by atoms with van der Waals surface area (Å²) in [4.78, 5) is 4.80. The van der Waals surface area contributed by atoms with Gasteiger partial charge in [-0.3, -0.25) is 0 Å². The minimum atomic E-state index is 0.284. The van der Waals surface area contributed by atoms with Crippen LogP contribution in [-0.2, 0) is 0 Å². The molecule has 0 aliphatic carbocycles. The van der Waals surface area contributed by atoms with Gasteiger partial charge in [-0.1, -0.05) is 13.8 Å². The number of nitrogens with one attached hydrogen (secondary N) is 1. The Morgan fingerprint density at radius 1 is 1.27 bits per heavy atom. The molecule has 4 heteroatoms. The van der Waals surface area contributed by atoms with Gasteiger partial charge in [-0.25, -0.2) is 4.98 Å². The number of rotatable bonds is 6. The Kier molecular flexibility index (Phi) is 5.59. The molecule has 120 valence electrons. The van der Waals surface area contributed by atoms with E-state index < -0.39 is 0 Å². The minimum Gasteiger partial charge on any atom is -0.494 e. The van der Waals surface area contributed by atoms with Crippen LogP contribution in [0.2, 0.25) is 0 Å². The second kappa shape index (κ2) is 7.25. The summed E-state index contributed by atoms with van der Waals surface area (Å²) in [7, 11) is 1.96. The molecule has 1 N–H and O–H groups in total. The van der Waals surface area contributed by atoms with Gasteiger partial charge < -0.3 is 10.1 Å². The molecule has 0 aliphatic rings. The monoisotopic (exact) mass is 318 g/mol. The number of thiazole rings is 1. The second-order valence-corrected chi connectivity index (χ2v) is 6.76. The summed E-state index contributed by atoms with van der Waals surface area (Å²) in [5, 5.41) is 6.51. The zero-order valence-electron chi connectivity index (χ0n) is 14.4. The first-order valence-corrected chi connectivity index (χ1v) is 8.76. The molecule has 3 nitrogen and oxygen atoms in total. The maximum Gasteiger partial charge on any atom is 0.123 e. The Hall–Kier alpha value is -1.39. The number of hydrogen-bond donors (Lipinski definition) is 1. The molecule has 1 aromatic carbocycles. The lowest BCUT2D eigenvalue weighted by Gasteiger charge is -2.16. The fourth-order valence-corrected chi connectivity index (χ4v) is 3.32. The Bertz CT molecular complexity index is 634. The van der Waals surface area contributed by atoms with Gasteiger partial charge >= 0.3 is 0 Å². The van der Waals surface area contributed by atoms with E-state index in [4.69, 9.17) is 9.72 Å². The number of hydrogen-bond acceptors (Lipinski definition) is 4. The van der Waals surface area contributed by atoms with E-state index in [1.807, 2.05) is 14.0 Å². The van der Waals surface area contributed by atoms with Crippen molar-refractivity contribution in [2.75, 3.05) is 13.7 Å². The van der Waals surface area contributed by atoms with Gasteiger partial charge in [0.05, 0.1) is 18.3 Å². The molecule has 22 heavy (non-hydrogen) atoms. The van der Waals surface area contributed by atoms with Crippen molar-refractivity contribution in [3.8, 4) is 17.0 Å². The van der Waals surface area contributed by atoms with Crippen molar-refractivity contribution in [1.29, 1.82) is 0 Å². The Morgan fingerprint density at radius 2 is 2.00 bits per heavy atom. The molecule has 0 aliphatic heterocycles. The molecule has 0 bridgehead atoms. The van der Waals surface area contributed by atoms with Crippen LogP contribution in [0.1, 0.15) is 55.8 Å². The van der Waals surface area contributed by atoms with Crippen molar-refractivity contribution in [3.63, 3.8) is 0 Å². The van der Waals surface area contributed by atoms with Crippen molar-refractivity contribution in [2.24, 2.45) is 0 Å². The van der Waals surface area contributed by atoms with Crippen LogP contribution in [-0.4, -0.2) is 18.6 Å². The largest absolute Gasteiger partial charge is 0.494 e. The highest BCUT2D eigenvalue weighted by Gasteiger charge is 2.16. The first-order valence-electron chi connectivity index (χ1n) is 7.88. The van der Waals surface area contributed by atoms with Gasteiger partial charge in [-0.2, -0.15) is 0 Å². The maximum absolute atomic E-state index is 5.80. The fraction of sp³-hybridized carbons (Fsp3) is 0.500.